The van der Waals surface area contributed by atoms with E-state index in [0.29, 0.717) is 5.56 Å². The van der Waals surface area contributed by atoms with Crippen LogP contribution in [0.2, 0.25) is 0 Å². The van der Waals surface area contributed by atoms with E-state index >= 15 is 0 Å². The van der Waals surface area contributed by atoms with Crippen molar-refractivity contribution in [2.45, 2.75) is 13.0 Å². The lowest BCUT2D eigenvalue weighted by atomic mass is 10.0. The van der Waals surface area contributed by atoms with Crippen molar-refractivity contribution < 1.29 is 13.9 Å². The number of aromatic nitrogens is 1. The highest BCUT2D eigenvalue weighted by atomic mass is 79.9. The van der Waals surface area contributed by atoms with Gasteiger partial charge < -0.3 is 5.11 Å². The van der Waals surface area contributed by atoms with E-state index in [0.717, 1.165) is 11.6 Å². The molecule has 1 atom stereocenters. The number of halogens is 3. The smallest absolute Gasteiger partial charge is 0.173 e. The van der Waals surface area contributed by atoms with Crippen molar-refractivity contribution in [3.05, 3.63) is 63.4 Å². The van der Waals surface area contributed by atoms with Crippen LogP contribution in [0.5, 0.6) is 0 Å². The van der Waals surface area contributed by atoms with Crippen LogP contribution in [0.4, 0.5) is 8.78 Å². The Labute approximate surface area is 111 Å². The number of aliphatic hydroxyl groups is 1. The topological polar surface area (TPSA) is 33.1 Å². The largest absolute Gasteiger partial charge is 0.384 e. The molecular weight excluding hydrogens is 304 g/mol. The Bertz CT molecular complexity index is 589. The standard InChI is InChI=1S/C13H10BrF2NO/c1-7-4-8(6-17-5-7)13(18)9-2-3-10(15)12(16)11(9)14/h2-6,13,18H,1H3. The van der Waals surface area contributed by atoms with Gasteiger partial charge in [-0.1, -0.05) is 12.1 Å². The van der Waals surface area contributed by atoms with E-state index in [-0.39, 0.29) is 10.0 Å². The number of benzene rings is 1. The van der Waals surface area contributed by atoms with E-state index in [4.69, 9.17) is 0 Å². The average Bonchev–Trinajstić information content (AvgIpc) is 2.35. The fraction of sp³-hybridized carbons (Fsp3) is 0.154. The van der Waals surface area contributed by atoms with Gasteiger partial charge in [0.05, 0.1) is 4.47 Å². The second-order valence-electron chi connectivity index (χ2n) is 3.96. The van der Waals surface area contributed by atoms with Gasteiger partial charge in [0, 0.05) is 23.5 Å². The van der Waals surface area contributed by atoms with Crippen LogP contribution in [-0.2, 0) is 0 Å². The van der Waals surface area contributed by atoms with E-state index in [1.807, 2.05) is 6.92 Å². The summed E-state index contributed by atoms with van der Waals surface area (Å²) < 4.78 is 26.3. The Kier molecular flexibility index (Phi) is 3.73. The van der Waals surface area contributed by atoms with E-state index < -0.39 is 17.7 Å². The monoisotopic (exact) mass is 313 g/mol. The van der Waals surface area contributed by atoms with Gasteiger partial charge in [0.1, 0.15) is 6.10 Å². The highest BCUT2D eigenvalue weighted by Crippen LogP contribution is 2.31. The maximum absolute atomic E-state index is 13.4. The first kappa shape index (κ1) is 13.1. The first-order valence-corrected chi connectivity index (χ1v) is 6.03. The molecule has 1 unspecified atom stereocenters. The molecule has 94 valence electrons. The normalized spacial score (nSPS) is 12.5. The first-order chi connectivity index (χ1) is 8.50. The number of hydrogen-bond acceptors (Lipinski definition) is 2. The minimum absolute atomic E-state index is 0.0727. The Morgan fingerprint density at radius 3 is 2.67 bits per heavy atom. The summed E-state index contributed by atoms with van der Waals surface area (Å²) in [4.78, 5) is 3.96. The molecule has 1 aromatic heterocycles. The van der Waals surface area contributed by atoms with Gasteiger partial charge in [-0.2, -0.15) is 0 Å². The molecule has 0 radical (unpaired) electrons. The van der Waals surface area contributed by atoms with Crippen LogP contribution < -0.4 is 0 Å². The van der Waals surface area contributed by atoms with Gasteiger partial charge in [0.15, 0.2) is 11.6 Å². The molecule has 1 aromatic carbocycles. The van der Waals surface area contributed by atoms with E-state index in [1.165, 1.54) is 12.3 Å². The van der Waals surface area contributed by atoms with Crippen molar-refractivity contribution in [3.63, 3.8) is 0 Å². The van der Waals surface area contributed by atoms with Crippen molar-refractivity contribution in [1.29, 1.82) is 0 Å². The van der Waals surface area contributed by atoms with Crippen LogP contribution >= 0.6 is 15.9 Å². The van der Waals surface area contributed by atoms with Gasteiger partial charge in [-0.05, 0) is 34.5 Å². The summed E-state index contributed by atoms with van der Waals surface area (Å²) >= 11 is 2.95. The molecule has 0 bridgehead atoms. The Balaban J connectivity index is 2.46. The molecule has 0 aliphatic rings. The van der Waals surface area contributed by atoms with Gasteiger partial charge in [-0.15, -0.1) is 0 Å². The molecule has 1 N–H and O–H groups in total. The summed E-state index contributed by atoms with van der Waals surface area (Å²) in [6, 6.07) is 4.07. The third-order valence-electron chi connectivity index (χ3n) is 2.57. The summed E-state index contributed by atoms with van der Waals surface area (Å²) in [5.41, 5.74) is 1.67. The SMILES string of the molecule is Cc1cncc(C(O)c2ccc(F)c(F)c2Br)c1. The van der Waals surface area contributed by atoms with Gasteiger partial charge in [0.2, 0.25) is 0 Å². The highest BCUT2D eigenvalue weighted by Gasteiger charge is 2.18. The molecule has 1 heterocycles. The molecule has 2 rings (SSSR count). The van der Waals surface area contributed by atoms with Crippen LogP contribution in [0.3, 0.4) is 0 Å². The Morgan fingerprint density at radius 2 is 2.00 bits per heavy atom. The van der Waals surface area contributed by atoms with Crippen LogP contribution in [0, 0.1) is 18.6 Å². The molecular formula is C13H10BrF2NO. The summed E-state index contributed by atoms with van der Waals surface area (Å²) in [6.45, 7) is 1.84. The average molecular weight is 314 g/mol. The first-order valence-electron chi connectivity index (χ1n) is 5.23. The predicted molar refractivity (Wildman–Crippen MR) is 67.1 cm³/mol. The minimum Gasteiger partial charge on any atom is -0.384 e. The minimum atomic E-state index is -1.05. The van der Waals surface area contributed by atoms with Crippen molar-refractivity contribution in [2.75, 3.05) is 0 Å². The Hall–Kier alpha value is -1.33. The lowest BCUT2D eigenvalue weighted by molar-refractivity contribution is 0.218. The van der Waals surface area contributed by atoms with Crippen LogP contribution in [0.1, 0.15) is 22.8 Å². The molecule has 2 aromatic rings. The quantitative estimate of drug-likeness (QED) is 0.861. The van der Waals surface area contributed by atoms with Crippen LogP contribution in [0.25, 0.3) is 0 Å². The van der Waals surface area contributed by atoms with Crippen molar-refractivity contribution in [1.82, 2.24) is 4.98 Å². The highest BCUT2D eigenvalue weighted by molar-refractivity contribution is 9.10. The molecule has 5 heteroatoms. The molecule has 2 nitrogen and oxygen atoms in total. The maximum Gasteiger partial charge on any atom is 0.173 e. The van der Waals surface area contributed by atoms with Gasteiger partial charge >= 0.3 is 0 Å². The van der Waals surface area contributed by atoms with E-state index in [1.54, 1.807) is 12.3 Å². The van der Waals surface area contributed by atoms with Crippen molar-refractivity contribution in [2.24, 2.45) is 0 Å². The predicted octanol–water partition coefficient (Wildman–Crippen LogP) is 3.51. The molecule has 0 fully saturated rings. The molecule has 0 spiro atoms. The third kappa shape index (κ3) is 2.42. The second-order valence-corrected chi connectivity index (χ2v) is 4.76. The van der Waals surface area contributed by atoms with Crippen molar-refractivity contribution in [3.8, 4) is 0 Å². The van der Waals surface area contributed by atoms with Gasteiger partial charge in [-0.25, -0.2) is 8.78 Å². The number of rotatable bonds is 2. The van der Waals surface area contributed by atoms with Crippen LogP contribution in [0.15, 0.2) is 35.1 Å². The molecule has 0 saturated heterocycles. The second kappa shape index (κ2) is 5.12. The van der Waals surface area contributed by atoms with Gasteiger partial charge in [-0.3, -0.25) is 4.98 Å². The summed E-state index contributed by atoms with van der Waals surface area (Å²) in [6.07, 6.45) is 2.09. The molecule has 18 heavy (non-hydrogen) atoms. The van der Waals surface area contributed by atoms with Crippen molar-refractivity contribution >= 4 is 15.9 Å². The van der Waals surface area contributed by atoms with E-state index in [9.17, 15) is 13.9 Å². The summed E-state index contributed by atoms with van der Waals surface area (Å²) in [5.74, 6) is -1.97. The fourth-order valence-electron chi connectivity index (χ4n) is 1.66. The third-order valence-corrected chi connectivity index (χ3v) is 3.38. The number of nitrogens with zero attached hydrogens (tertiary/aromatic N) is 1. The van der Waals surface area contributed by atoms with Gasteiger partial charge in [0.25, 0.3) is 0 Å². The molecule has 0 aliphatic carbocycles. The van der Waals surface area contributed by atoms with Crippen LogP contribution in [-0.4, -0.2) is 10.1 Å². The zero-order valence-electron chi connectivity index (χ0n) is 9.49. The molecule has 0 amide bonds. The maximum atomic E-state index is 13.4. The summed E-state index contributed by atoms with van der Waals surface area (Å²) in [7, 11) is 0. The zero-order valence-corrected chi connectivity index (χ0v) is 11.1. The lowest BCUT2D eigenvalue weighted by Gasteiger charge is -2.14. The number of aliphatic hydroxyl groups excluding tert-OH is 1. The summed E-state index contributed by atoms with van der Waals surface area (Å²) in [5, 5.41) is 10.2. The number of aryl methyl sites for hydroxylation is 1. The van der Waals surface area contributed by atoms with E-state index in [2.05, 4.69) is 20.9 Å². The zero-order chi connectivity index (χ0) is 13.3. The lowest BCUT2D eigenvalue weighted by Crippen LogP contribution is -2.04. The number of hydrogen-bond donors (Lipinski definition) is 1. The Morgan fingerprint density at radius 1 is 1.28 bits per heavy atom. The number of pyridine rings is 1. The molecule has 0 aliphatic heterocycles. The fourth-order valence-corrected chi connectivity index (χ4v) is 2.20. The molecule has 0 saturated carbocycles.